The van der Waals surface area contributed by atoms with E-state index in [4.69, 9.17) is 4.74 Å². The number of rotatable bonds is 3. The van der Waals surface area contributed by atoms with Gasteiger partial charge in [-0.2, -0.15) is 0 Å². The largest absolute Gasteiger partial charge is 0.464 e. The second-order valence-electron chi connectivity index (χ2n) is 4.04. The maximum Gasteiger partial charge on any atom is 0.328 e. The lowest BCUT2D eigenvalue weighted by Crippen LogP contribution is -2.48. The quantitative estimate of drug-likeness (QED) is 0.768. The van der Waals surface area contributed by atoms with E-state index in [1.165, 1.54) is 6.20 Å². The van der Waals surface area contributed by atoms with Crippen LogP contribution in [0.2, 0.25) is 0 Å². The fourth-order valence-electron chi connectivity index (χ4n) is 2.06. The van der Waals surface area contributed by atoms with Gasteiger partial charge in [0.1, 0.15) is 10.9 Å². The average Bonchev–Trinajstić information content (AvgIpc) is 2.92. The van der Waals surface area contributed by atoms with Gasteiger partial charge in [-0.25, -0.2) is 4.79 Å². The SMILES string of the molecule is CCOC(=O)C1CCCCN1C(=O)c1cnns1. The smallest absolute Gasteiger partial charge is 0.328 e. The van der Waals surface area contributed by atoms with Crippen molar-refractivity contribution in [3.8, 4) is 0 Å². The lowest BCUT2D eigenvalue weighted by molar-refractivity contribution is -0.149. The average molecular weight is 269 g/mol. The Morgan fingerprint density at radius 2 is 2.39 bits per heavy atom. The van der Waals surface area contributed by atoms with Gasteiger partial charge in [0.15, 0.2) is 0 Å². The summed E-state index contributed by atoms with van der Waals surface area (Å²) in [6.45, 7) is 2.68. The second-order valence-corrected chi connectivity index (χ2v) is 4.83. The molecular formula is C11H15N3O3S. The predicted molar refractivity (Wildman–Crippen MR) is 65.2 cm³/mol. The van der Waals surface area contributed by atoms with Crippen LogP contribution in [0.1, 0.15) is 35.9 Å². The van der Waals surface area contributed by atoms with Crippen LogP contribution in [0.5, 0.6) is 0 Å². The molecule has 0 aliphatic carbocycles. The molecule has 0 bridgehead atoms. The first kappa shape index (κ1) is 12.9. The molecule has 0 aromatic carbocycles. The van der Waals surface area contributed by atoms with Crippen LogP contribution in [0.25, 0.3) is 0 Å². The summed E-state index contributed by atoms with van der Waals surface area (Å²) < 4.78 is 8.69. The van der Waals surface area contributed by atoms with Gasteiger partial charge in [-0.15, -0.1) is 5.10 Å². The third kappa shape index (κ3) is 2.66. The third-order valence-corrected chi connectivity index (χ3v) is 3.55. The van der Waals surface area contributed by atoms with Crippen molar-refractivity contribution < 1.29 is 14.3 Å². The summed E-state index contributed by atoms with van der Waals surface area (Å²) in [6.07, 6.45) is 3.95. The van der Waals surface area contributed by atoms with Crippen LogP contribution in [-0.2, 0) is 9.53 Å². The molecular weight excluding hydrogens is 254 g/mol. The molecule has 1 fully saturated rings. The van der Waals surface area contributed by atoms with E-state index in [-0.39, 0.29) is 11.9 Å². The molecule has 0 N–H and O–H groups in total. The molecule has 1 aromatic rings. The first-order valence-electron chi connectivity index (χ1n) is 5.99. The highest BCUT2D eigenvalue weighted by molar-refractivity contribution is 7.07. The molecule has 6 nitrogen and oxygen atoms in total. The number of carbonyl (C=O) groups is 2. The zero-order chi connectivity index (χ0) is 13.0. The second kappa shape index (κ2) is 5.90. The Balaban J connectivity index is 2.12. The van der Waals surface area contributed by atoms with Crippen LogP contribution in [-0.4, -0.2) is 45.6 Å². The van der Waals surface area contributed by atoms with E-state index < -0.39 is 6.04 Å². The number of hydrogen-bond donors (Lipinski definition) is 0. The van der Waals surface area contributed by atoms with E-state index in [2.05, 4.69) is 9.59 Å². The van der Waals surface area contributed by atoms with Crippen molar-refractivity contribution in [2.45, 2.75) is 32.2 Å². The number of hydrogen-bond acceptors (Lipinski definition) is 6. The first-order chi connectivity index (χ1) is 8.74. The van der Waals surface area contributed by atoms with Gasteiger partial charge in [0.25, 0.3) is 5.91 Å². The molecule has 18 heavy (non-hydrogen) atoms. The Morgan fingerprint density at radius 1 is 1.56 bits per heavy atom. The van der Waals surface area contributed by atoms with E-state index in [0.717, 1.165) is 24.4 Å². The van der Waals surface area contributed by atoms with Crippen LogP contribution < -0.4 is 0 Å². The Labute approximate surface area is 109 Å². The van der Waals surface area contributed by atoms with Crippen LogP contribution >= 0.6 is 11.5 Å². The fourth-order valence-corrected chi connectivity index (χ4v) is 2.53. The maximum atomic E-state index is 12.2. The summed E-state index contributed by atoms with van der Waals surface area (Å²) >= 11 is 1.05. The van der Waals surface area contributed by atoms with Crippen molar-refractivity contribution in [2.24, 2.45) is 0 Å². The van der Waals surface area contributed by atoms with Crippen molar-refractivity contribution in [3.05, 3.63) is 11.1 Å². The Hall–Kier alpha value is -1.50. The number of esters is 1. The zero-order valence-electron chi connectivity index (χ0n) is 10.2. The number of amides is 1. The van der Waals surface area contributed by atoms with Crippen molar-refractivity contribution in [1.29, 1.82) is 0 Å². The van der Waals surface area contributed by atoms with E-state index in [1.54, 1.807) is 11.8 Å². The van der Waals surface area contributed by atoms with Gasteiger partial charge >= 0.3 is 5.97 Å². The van der Waals surface area contributed by atoms with Crippen molar-refractivity contribution in [1.82, 2.24) is 14.5 Å². The summed E-state index contributed by atoms with van der Waals surface area (Å²) in [7, 11) is 0. The van der Waals surface area contributed by atoms with Gasteiger partial charge in [0.2, 0.25) is 0 Å². The van der Waals surface area contributed by atoms with Gasteiger partial charge < -0.3 is 9.64 Å². The van der Waals surface area contributed by atoms with E-state index in [0.29, 0.717) is 24.4 Å². The molecule has 1 saturated heterocycles. The number of piperidine rings is 1. The minimum absolute atomic E-state index is 0.178. The van der Waals surface area contributed by atoms with Crippen molar-refractivity contribution >= 4 is 23.4 Å². The molecule has 2 heterocycles. The van der Waals surface area contributed by atoms with Gasteiger partial charge in [-0.3, -0.25) is 4.79 Å². The molecule has 1 aliphatic rings. The standard InChI is InChI=1S/C11H15N3O3S/c1-2-17-11(16)8-5-3-4-6-14(8)10(15)9-7-12-13-18-9/h7-8H,2-6H2,1H3. The van der Waals surface area contributed by atoms with Gasteiger partial charge in [-0.05, 0) is 37.7 Å². The highest BCUT2D eigenvalue weighted by Gasteiger charge is 2.34. The summed E-state index contributed by atoms with van der Waals surface area (Å²) in [5, 5.41) is 3.65. The molecule has 98 valence electrons. The third-order valence-electron chi connectivity index (χ3n) is 2.89. The molecule has 1 aromatic heterocycles. The predicted octanol–water partition coefficient (Wildman–Crippen LogP) is 1.10. The lowest BCUT2D eigenvalue weighted by atomic mass is 10.0. The van der Waals surface area contributed by atoms with Crippen LogP contribution in [0.4, 0.5) is 0 Å². The molecule has 7 heteroatoms. The van der Waals surface area contributed by atoms with Gasteiger partial charge in [-0.1, -0.05) is 4.49 Å². The minimum atomic E-state index is -0.465. The van der Waals surface area contributed by atoms with Crippen molar-refractivity contribution in [3.63, 3.8) is 0 Å². The summed E-state index contributed by atoms with van der Waals surface area (Å²) in [6, 6.07) is -0.465. The molecule has 0 spiro atoms. The summed E-state index contributed by atoms with van der Waals surface area (Å²) in [4.78, 5) is 26.1. The zero-order valence-corrected chi connectivity index (χ0v) is 11.0. The van der Waals surface area contributed by atoms with E-state index in [9.17, 15) is 9.59 Å². The van der Waals surface area contributed by atoms with Crippen LogP contribution in [0, 0.1) is 0 Å². The Kier molecular flexibility index (Phi) is 4.24. The Morgan fingerprint density at radius 3 is 3.06 bits per heavy atom. The van der Waals surface area contributed by atoms with Crippen LogP contribution in [0.15, 0.2) is 6.20 Å². The van der Waals surface area contributed by atoms with Gasteiger partial charge in [0, 0.05) is 6.54 Å². The topological polar surface area (TPSA) is 72.4 Å². The minimum Gasteiger partial charge on any atom is -0.464 e. The number of likely N-dealkylation sites (tertiary alicyclic amines) is 1. The maximum absolute atomic E-state index is 12.2. The highest BCUT2D eigenvalue weighted by atomic mass is 32.1. The molecule has 1 atom stereocenters. The van der Waals surface area contributed by atoms with Crippen molar-refractivity contribution in [2.75, 3.05) is 13.2 Å². The van der Waals surface area contributed by atoms with Crippen LogP contribution in [0.3, 0.4) is 0 Å². The lowest BCUT2D eigenvalue weighted by Gasteiger charge is -2.33. The molecule has 1 aliphatic heterocycles. The molecule has 2 rings (SSSR count). The van der Waals surface area contributed by atoms with E-state index in [1.807, 2.05) is 0 Å². The Bertz CT molecular complexity index is 421. The number of ether oxygens (including phenoxy) is 1. The fraction of sp³-hybridized carbons (Fsp3) is 0.636. The normalized spacial score (nSPS) is 19.6. The molecule has 1 unspecified atom stereocenters. The summed E-state index contributed by atoms with van der Waals surface area (Å²) in [5.74, 6) is -0.495. The molecule has 0 radical (unpaired) electrons. The first-order valence-corrected chi connectivity index (χ1v) is 6.76. The van der Waals surface area contributed by atoms with E-state index >= 15 is 0 Å². The highest BCUT2D eigenvalue weighted by Crippen LogP contribution is 2.21. The monoisotopic (exact) mass is 269 g/mol. The van der Waals surface area contributed by atoms with Gasteiger partial charge in [0.05, 0.1) is 12.8 Å². The molecule has 0 saturated carbocycles. The number of aromatic nitrogens is 2. The molecule has 1 amide bonds. The number of nitrogens with zero attached hydrogens (tertiary/aromatic N) is 3. The number of carbonyl (C=O) groups excluding carboxylic acids is 2. The summed E-state index contributed by atoms with van der Waals surface area (Å²) in [5.41, 5.74) is 0.